The SMILES string of the molecule is Cc1cccc(-c2cc(-c3cn(Cc4cccc(C(C)(C)O)n4)nn3)nc(N)n2)c1C. The summed E-state index contributed by atoms with van der Waals surface area (Å²) in [5.74, 6) is 0.183. The second-order valence-electron chi connectivity index (χ2n) is 8.12. The number of nitrogen functional groups attached to an aromatic ring is 1. The van der Waals surface area contributed by atoms with E-state index in [4.69, 9.17) is 5.73 Å². The number of aryl methyl sites for hydroxylation is 1. The molecule has 0 aliphatic carbocycles. The Labute approximate surface area is 180 Å². The lowest BCUT2D eigenvalue weighted by molar-refractivity contribution is 0.0736. The fraction of sp³-hybridized carbons (Fsp3) is 0.261. The van der Waals surface area contributed by atoms with Crippen LogP contribution in [0.4, 0.5) is 5.95 Å². The predicted molar refractivity (Wildman–Crippen MR) is 119 cm³/mol. The normalized spacial score (nSPS) is 11.6. The summed E-state index contributed by atoms with van der Waals surface area (Å²) in [6.07, 6.45) is 1.80. The van der Waals surface area contributed by atoms with E-state index < -0.39 is 5.60 Å². The minimum Gasteiger partial charge on any atom is -0.384 e. The van der Waals surface area contributed by atoms with Crippen LogP contribution in [0, 0.1) is 13.8 Å². The first kappa shape index (κ1) is 20.6. The van der Waals surface area contributed by atoms with Gasteiger partial charge in [-0.1, -0.05) is 29.5 Å². The molecule has 4 aromatic rings. The summed E-state index contributed by atoms with van der Waals surface area (Å²) in [4.78, 5) is 13.3. The lowest BCUT2D eigenvalue weighted by Gasteiger charge is -2.17. The van der Waals surface area contributed by atoms with Crippen molar-refractivity contribution in [3.63, 3.8) is 0 Å². The fourth-order valence-electron chi connectivity index (χ4n) is 3.33. The molecule has 158 valence electrons. The highest BCUT2D eigenvalue weighted by Crippen LogP contribution is 2.27. The fourth-order valence-corrected chi connectivity index (χ4v) is 3.33. The molecule has 0 spiro atoms. The number of aliphatic hydroxyl groups is 1. The molecule has 0 bridgehead atoms. The number of hydrogen-bond acceptors (Lipinski definition) is 7. The topological polar surface area (TPSA) is 116 Å². The van der Waals surface area contributed by atoms with Gasteiger partial charge in [-0.3, -0.25) is 4.98 Å². The first-order chi connectivity index (χ1) is 14.7. The Morgan fingerprint density at radius 2 is 1.71 bits per heavy atom. The van der Waals surface area contributed by atoms with Gasteiger partial charge in [0.25, 0.3) is 0 Å². The highest BCUT2D eigenvalue weighted by molar-refractivity contribution is 5.70. The molecule has 1 aromatic carbocycles. The number of aromatic nitrogens is 6. The van der Waals surface area contributed by atoms with Crippen molar-refractivity contribution in [3.05, 3.63) is 71.2 Å². The first-order valence-electron chi connectivity index (χ1n) is 10.0. The smallest absolute Gasteiger partial charge is 0.221 e. The van der Waals surface area contributed by atoms with Crippen molar-refractivity contribution >= 4 is 5.95 Å². The van der Waals surface area contributed by atoms with Crippen molar-refractivity contribution in [1.29, 1.82) is 0 Å². The predicted octanol–water partition coefficient (Wildman–Crippen LogP) is 3.27. The van der Waals surface area contributed by atoms with Gasteiger partial charge in [0, 0.05) is 5.56 Å². The number of benzene rings is 1. The van der Waals surface area contributed by atoms with Crippen LogP contribution >= 0.6 is 0 Å². The Bertz CT molecular complexity index is 1240. The van der Waals surface area contributed by atoms with Crippen molar-refractivity contribution in [2.75, 3.05) is 5.73 Å². The van der Waals surface area contributed by atoms with Gasteiger partial charge in [0.05, 0.1) is 35.5 Å². The summed E-state index contributed by atoms with van der Waals surface area (Å²) < 4.78 is 1.68. The van der Waals surface area contributed by atoms with Crippen LogP contribution in [0.25, 0.3) is 22.6 Å². The van der Waals surface area contributed by atoms with Crippen molar-refractivity contribution in [2.45, 2.75) is 39.8 Å². The molecule has 0 amide bonds. The highest BCUT2D eigenvalue weighted by Gasteiger charge is 2.18. The average Bonchev–Trinajstić information content (AvgIpc) is 3.18. The van der Waals surface area contributed by atoms with Crippen LogP contribution in [0.5, 0.6) is 0 Å². The second kappa shape index (κ2) is 7.88. The molecule has 31 heavy (non-hydrogen) atoms. The van der Waals surface area contributed by atoms with Crippen LogP contribution in [-0.4, -0.2) is 35.1 Å². The van der Waals surface area contributed by atoms with Crippen LogP contribution in [0.3, 0.4) is 0 Å². The van der Waals surface area contributed by atoms with Crippen LogP contribution in [0.2, 0.25) is 0 Å². The van der Waals surface area contributed by atoms with Crippen LogP contribution < -0.4 is 5.73 Å². The maximum Gasteiger partial charge on any atom is 0.221 e. The molecule has 3 aromatic heterocycles. The van der Waals surface area contributed by atoms with Gasteiger partial charge in [-0.25, -0.2) is 14.6 Å². The zero-order valence-electron chi connectivity index (χ0n) is 18.0. The first-order valence-corrected chi connectivity index (χ1v) is 10.0. The molecule has 0 fully saturated rings. The number of hydrogen-bond donors (Lipinski definition) is 2. The van der Waals surface area contributed by atoms with E-state index in [1.807, 2.05) is 30.3 Å². The summed E-state index contributed by atoms with van der Waals surface area (Å²) in [5, 5.41) is 18.7. The van der Waals surface area contributed by atoms with Crippen molar-refractivity contribution < 1.29 is 5.11 Å². The maximum atomic E-state index is 10.2. The largest absolute Gasteiger partial charge is 0.384 e. The van der Waals surface area contributed by atoms with Gasteiger partial charge in [0.2, 0.25) is 5.95 Å². The van der Waals surface area contributed by atoms with E-state index in [1.165, 1.54) is 5.56 Å². The molecule has 0 atom stereocenters. The van der Waals surface area contributed by atoms with Crippen LogP contribution in [0.15, 0.2) is 48.7 Å². The molecular formula is C23H25N7O. The van der Waals surface area contributed by atoms with Gasteiger partial charge in [0.15, 0.2) is 0 Å². The molecule has 3 N–H and O–H groups in total. The van der Waals surface area contributed by atoms with E-state index in [2.05, 4.69) is 45.2 Å². The summed E-state index contributed by atoms with van der Waals surface area (Å²) in [7, 11) is 0. The molecule has 8 heteroatoms. The number of nitrogens with two attached hydrogens (primary N) is 1. The minimum absolute atomic E-state index is 0.183. The molecule has 0 saturated carbocycles. The van der Waals surface area contributed by atoms with Crippen LogP contribution in [-0.2, 0) is 12.1 Å². The number of pyridine rings is 1. The molecule has 4 rings (SSSR count). The van der Waals surface area contributed by atoms with E-state index in [9.17, 15) is 5.11 Å². The molecule has 8 nitrogen and oxygen atoms in total. The Morgan fingerprint density at radius 3 is 2.48 bits per heavy atom. The zero-order chi connectivity index (χ0) is 22.2. The number of anilines is 1. The van der Waals surface area contributed by atoms with Crippen molar-refractivity contribution in [1.82, 2.24) is 29.9 Å². The molecular weight excluding hydrogens is 390 g/mol. The van der Waals surface area contributed by atoms with Crippen molar-refractivity contribution in [2.24, 2.45) is 0 Å². The summed E-state index contributed by atoms with van der Waals surface area (Å²) in [5.41, 5.74) is 11.7. The Hall–Kier alpha value is -3.65. The van der Waals surface area contributed by atoms with E-state index in [1.54, 1.807) is 30.8 Å². The molecule has 0 saturated heterocycles. The lowest BCUT2D eigenvalue weighted by atomic mass is 10.0. The standard InChI is InChI=1S/C23H25N7O/c1-14-7-5-9-17(15(14)2)18-11-19(27-22(24)26-18)20-13-30(29-28-20)12-16-8-6-10-21(25-16)23(3,4)31/h5-11,13,31H,12H2,1-4H3,(H2,24,26,27). The Balaban J connectivity index is 1.64. The van der Waals surface area contributed by atoms with Crippen molar-refractivity contribution in [3.8, 4) is 22.6 Å². The highest BCUT2D eigenvalue weighted by atomic mass is 16.3. The van der Waals surface area contributed by atoms with Gasteiger partial charge >= 0.3 is 0 Å². The molecule has 3 heterocycles. The number of nitrogens with zero attached hydrogens (tertiary/aromatic N) is 6. The summed E-state index contributed by atoms with van der Waals surface area (Å²) in [6, 6.07) is 13.5. The van der Waals surface area contributed by atoms with Gasteiger partial charge < -0.3 is 10.8 Å². The average molecular weight is 416 g/mol. The van der Waals surface area contributed by atoms with Gasteiger partial charge in [-0.15, -0.1) is 5.10 Å². The van der Waals surface area contributed by atoms with E-state index >= 15 is 0 Å². The number of rotatable bonds is 5. The maximum absolute atomic E-state index is 10.2. The van der Waals surface area contributed by atoms with Gasteiger partial charge in [-0.05, 0) is 57.0 Å². The van der Waals surface area contributed by atoms with E-state index in [0.29, 0.717) is 23.6 Å². The van der Waals surface area contributed by atoms with Gasteiger partial charge in [-0.2, -0.15) is 0 Å². The Kier molecular flexibility index (Phi) is 5.24. The minimum atomic E-state index is -1.01. The lowest BCUT2D eigenvalue weighted by Crippen LogP contribution is -2.18. The van der Waals surface area contributed by atoms with E-state index in [0.717, 1.165) is 22.5 Å². The third-order valence-electron chi connectivity index (χ3n) is 5.18. The molecule has 0 unspecified atom stereocenters. The summed E-state index contributed by atoms with van der Waals surface area (Å²) >= 11 is 0. The monoisotopic (exact) mass is 415 g/mol. The molecule has 0 aliphatic rings. The third kappa shape index (κ3) is 4.44. The molecule has 0 radical (unpaired) electrons. The Morgan fingerprint density at radius 1 is 0.968 bits per heavy atom. The third-order valence-corrected chi connectivity index (χ3v) is 5.18. The molecule has 0 aliphatic heterocycles. The zero-order valence-corrected chi connectivity index (χ0v) is 18.0. The van der Waals surface area contributed by atoms with E-state index in [-0.39, 0.29) is 5.95 Å². The summed E-state index contributed by atoms with van der Waals surface area (Å²) in [6.45, 7) is 7.96. The van der Waals surface area contributed by atoms with Crippen LogP contribution in [0.1, 0.15) is 36.4 Å². The van der Waals surface area contributed by atoms with Gasteiger partial charge in [0.1, 0.15) is 11.3 Å². The quantitative estimate of drug-likeness (QED) is 0.514. The second-order valence-corrected chi connectivity index (χ2v) is 8.12.